The van der Waals surface area contributed by atoms with E-state index in [-0.39, 0.29) is 5.25 Å². The molecule has 2 atom stereocenters. The van der Waals surface area contributed by atoms with Gasteiger partial charge in [0, 0.05) is 11.8 Å². The van der Waals surface area contributed by atoms with E-state index in [0.29, 0.717) is 18.3 Å². The molecule has 2 aliphatic heterocycles. The highest BCUT2D eigenvalue weighted by Crippen LogP contribution is 2.21. The van der Waals surface area contributed by atoms with Crippen LogP contribution < -0.4 is 5.32 Å². The van der Waals surface area contributed by atoms with E-state index in [1.54, 1.807) is 11.8 Å². The number of sulfone groups is 1. The van der Waals surface area contributed by atoms with Crippen LogP contribution in [0, 0.1) is 0 Å². The number of hydrogen-bond donors (Lipinski definition) is 1. The minimum Gasteiger partial charge on any atom is -0.362 e. The van der Waals surface area contributed by atoms with Crippen LogP contribution in [-0.2, 0) is 9.84 Å². The Bertz CT molecular complexity index is 364. The number of hydrogen-bond acceptors (Lipinski definition) is 4. The second-order valence-corrected chi connectivity index (χ2v) is 7.54. The van der Waals surface area contributed by atoms with E-state index in [1.807, 2.05) is 0 Å². The quantitative estimate of drug-likeness (QED) is 0.779. The van der Waals surface area contributed by atoms with Gasteiger partial charge in [0.05, 0.1) is 17.5 Å². The SMILES string of the molecule is CC1CSC(=NCC2CCCS2(=O)=O)N1. The Morgan fingerprint density at radius 1 is 1.60 bits per heavy atom. The first-order valence-corrected chi connectivity index (χ1v) is 7.93. The molecule has 2 fully saturated rings. The molecule has 0 aromatic rings. The summed E-state index contributed by atoms with van der Waals surface area (Å²) < 4.78 is 23.1. The Labute approximate surface area is 94.8 Å². The van der Waals surface area contributed by atoms with Crippen molar-refractivity contribution < 1.29 is 8.42 Å². The molecule has 2 heterocycles. The first-order valence-electron chi connectivity index (χ1n) is 5.23. The topological polar surface area (TPSA) is 58.5 Å². The van der Waals surface area contributed by atoms with Crippen molar-refractivity contribution in [2.45, 2.75) is 31.1 Å². The van der Waals surface area contributed by atoms with Gasteiger partial charge in [0.2, 0.25) is 0 Å². The smallest absolute Gasteiger partial charge is 0.156 e. The van der Waals surface area contributed by atoms with Gasteiger partial charge in [-0.05, 0) is 19.8 Å². The summed E-state index contributed by atoms with van der Waals surface area (Å²) in [6.07, 6.45) is 1.58. The highest BCUT2D eigenvalue weighted by Gasteiger charge is 2.31. The van der Waals surface area contributed by atoms with Gasteiger partial charge in [-0.15, -0.1) is 0 Å². The van der Waals surface area contributed by atoms with Crippen molar-refractivity contribution in [1.29, 1.82) is 0 Å². The number of rotatable bonds is 2. The molecule has 0 radical (unpaired) electrons. The number of aliphatic imine (C=N–C) groups is 1. The number of nitrogens with zero attached hydrogens (tertiary/aromatic N) is 1. The number of thioether (sulfide) groups is 1. The molecule has 0 aliphatic carbocycles. The normalized spacial score (nSPS) is 37.0. The summed E-state index contributed by atoms with van der Waals surface area (Å²) >= 11 is 1.68. The van der Waals surface area contributed by atoms with Gasteiger partial charge in [-0.25, -0.2) is 8.42 Å². The van der Waals surface area contributed by atoms with Gasteiger partial charge in [0.1, 0.15) is 0 Å². The largest absolute Gasteiger partial charge is 0.362 e. The van der Waals surface area contributed by atoms with E-state index in [4.69, 9.17) is 0 Å². The average Bonchev–Trinajstić information content (AvgIpc) is 2.69. The lowest BCUT2D eigenvalue weighted by atomic mass is 10.2. The monoisotopic (exact) mass is 248 g/mol. The average molecular weight is 248 g/mol. The van der Waals surface area contributed by atoms with Gasteiger partial charge >= 0.3 is 0 Å². The van der Waals surface area contributed by atoms with Crippen LogP contribution >= 0.6 is 11.8 Å². The molecule has 0 bridgehead atoms. The summed E-state index contributed by atoms with van der Waals surface area (Å²) in [6.45, 7) is 2.53. The minimum absolute atomic E-state index is 0.233. The lowest BCUT2D eigenvalue weighted by Gasteiger charge is -2.06. The maximum absolute atomic E-state index is 11.5. The predicted octanol–water partition coefficient (Wildman–Crippen LogP) is 0.645. The fourth-order valence-electron chi connectivity index (χ4n) is 1.84. The fourth-order valence-corrected chi connectivity index (χ4v) is 4.51. The molecular weight excluding hydrogens is 232 g/mol. The highest BCUT2D eigenvalue weighted by molar-refractivity contribution is 8.14. The van der Waals surface area contributed by atoms with Gasteiger partial charge in [-0.1, -0.05) is 11.8 Å². The molecule has 1 N–H and O–H groups in total. The maximum atomic E-state index is 11.5. The molecule has 15 heavy (non-hydrogen) atoms. The maximum Gasteiger partial charge on any atom is 0.156 e. The molecule has 0 aromatic heterocycles. The predicted molar refractivity (Wildman–Crippen MR) is 64.2 cm³/mol. The molecule has 0 aromatic carbocycles. The van der Waals surface area contributed by atoms with Gasteiger partial charge in [-0.2, -0.15) is 0 Å². The van der Waals surface area contributed by atoms with Crippen LogP contribution in [0.4, 0.5) is 0 Å². The molecule has 0 spiro atoms. The van der Waals surface area contributed by atoms with Crippen LogP contribution in [0.15, 0.2) is 4.99 Å². The van der Waals surface area contributed by atoms with E-state index >= 15 is 0 Å². The molecule has 4 nitrogen and oxygen atoms in total. The van der Waals surface area contributed by atoms with Crippen LogP contribution in [0.1, 0.15) is 19.8 Å². The van der Waals surface area contributed by atoms with Crippen molar-refractivity contribution in [3.05, 3.63) is 0 Å². The van der Waals surface area contributed by atoms with Crippen LogP contribution in [0.3, 0.4) is 0 Å². The van der Waals surface area contributed by atoms with Crippen molar-refractivity contribution in [2.75, 3.05) is 18.1 Å². The zero-order valence-electron chi connectivity index (χ0n) is 8.77. The third kappa shape index (κ3) is 2.66. The zero-order chi connectivity index (χ0) is 10.9. The molecule has 0 amide bonds. The molecule has 86 valence electrons. The number of nitrogens with one attached hydrogen (secondary N) is 1. The lowest BCUT2D eigenvalue weighted by Crippen LogP contribution is -2.25. The lowest BCUT2D eigenvalue weighted by molar-refractivity contribution is 0.590. The van der Waals surface area contributed by atoms with Gasteiger partial charge in [-0.3, -0.25) is 4.99 Å². The summed E-state index contributed by atoms with van der Waals surface area (Å²) in [5, 5.41) is 3.90. The Balaban J connectivity index is 1.93. The second kappa shape index (κ2) is 4.33. The molecule has 0 saturated carbocycles. The van der Waals surface area contributed by atoms with Crippen LogP contribution in [0.5, 0.6) is 0 Å². The summed E-state index contributed by atoms with van der Waals surface area (Å²) in [5.74, 6) is 1.37. The van der Waals surface area contributed by atoms with Gasteiger partial charge in [0.25, 0.3) is 0 Å². The van der Waals surface area contributed by atoms with Crippen LogP contribution in [0.2, 0.25) is 0 Å². The summed E-state index contributed by atoms with van der Waals surface area (Å²) in [4.78, 5) is 4.34. The van der Waals surface area contributed by atoms with Gasteiger partial charge in [0.15, 0.2) is 15.0 Å². The Morgan fingerprint density at radius 2 is 2.40 bits per heavy atom. The summed E-state index contributed by atoms with van der Waals surface area (Å²) in [5.41, 5.74) is 0. The minimum atomic E-state index is -2.84. The first-order chi connectivity index (χ1) is 7.08. The first kappa shape index (κ1) is 11.3. The Kier molecular flexibility index (Phi) is 3.25. The fraction of sp³-hybridized carbons (Fsp3) is 0.889. The van der Waals surface area contributed by atoms with E-state index in [2.05, 4.69) is 17.2 Å². The van der Waals surface area contributed by atoms with Gasteiger partial charge < -0.3 is 5.32 Å². The molecule has 2 aliphatic rings. The van der Waals surface area contributed by atoms with Crippen molar-refractivity contribution >= 4 is 26.8 Å². The van der Waals surface area contributed by atoms with E-state index in [0.717, 1.165) is 23.8 Å². The molecule has 2 unspecified atom stereocenters. The molecule has 6 heteroatoms. The standard InChI is InChI=1S/C9H16N2O2S2/c1-7-6-14-9(11-7)10-5-8-3-2-4-15(8,12)13/h7-8H,2-6H2,1H3,(H,10,11). The van der Waals surface area contributed by atoms with E-state index < -0.39 is 9.84 Å². The van der Waals surface area contributed by atoms with Crippen molar-refractivity contribution in [1.82, 2.24) is 5.32 Å². The third-order valence-corrected chi connectivity index (χ3v) is 6.19. The third-order valence-electron chi connectivity index (χ3n) is 2.74. The van der Waals surface area contributed by atoms with Crippen LogP contribution in [0.25, 0.3) is 0 Å². The Hall–Kier alpha value is -0.230. The van der Waals surface area contributed by atoms with Crippen molar-refractivity contribution in [3.63, 3.8) is 0 Å². The highest BCUT2D eigenvalue weighted by atomic mass is 32.2. The summed E-state index contributed by atoms with van der Waals surface area (Å²) in [6, 6.07) is 0.453. The van der Waals surface area contributed by atoms with E-state index in [1.165, 1.54) is 0 Å². The van der Waals surface area contributed by atoms with E-state index in [9.17, 15) is 8.42 Å². The van der Waals surface area contributed by atoms with Crippen molar-refractivity contribution in [3.8, 4) is 0 Å². The second-order valence-electron chi connectivity index (χ2n) is 4.13. The van der Waals surface area contributed by atoms with Crippen LogP contribution in [-0.4, -0.2) is 42.9 Å². The number of amidine groups is 1. The van der Waals surface area contributed by atoms with Crippen molar-refractivity contribution in [2.24, 2.45) is 4.99 Å². The molecular formula is C9H16N2O2S2. The summed E-state index contributed by atoms with van der Waals surface area (Å²) in [7, 11) is -2.84. The zero-order valence-corrected chi connectivity index (χ0v) is 10.4. The Morgan fingerprint density at radius 3 is 2.93 bits per heavy atom. The molecule has 2 rings (SSSR count). The molecule has 2 saturated heterocycles.